The van der Waals surface area contributed by atoms with Crippen molar-refractivity contribution in [1.29, 1.82) is 0 Å². The van der Waals surface area contributed by atoms with Crippen LogP contribution in [0.1, 0.15) is 31.8 Å². The van der Waals surface area contributed by atoms with E-state index in [2.05, 4.69) is 15.5 Å². The zero-order chi connectivity index (χ0) is 24.9. The number of para-hydroxylation sites is 1. The second kappa shape index (κ2) is 10.9. The van der Waals surface area contributed by atoms with Crippen LogP contribution in [0.15, 0.2) is 66.7 Å². The maximum Gasteiger partial charge on any atom is 0.257 e. The smallest absolute Gasteiger partial charge is 0.257 e. The average Bonchev–Trinajstić information content (AvgIpc) is 2.84. The van der Waals surface area contributed by atoms with Crippen molar-refractivity contribution in [3.05, 3.63) is 94.0 Å². The molecule has 4 rings (SSSR count). The van der Waals surface area contributed by atoms with E-state index in [4.69, 9.17) is 23.8 Å². The van der Waals surface area contributed by atoms with Gasteiger partial charge in [0.15, 0.2) is 5.11 Å². The molecule has 0 radical (unpaired) electrons. The number of hydrogen-bond donors (Lipinski definition) is 2. The summed E-state index contributed by atoms with van der Waals surface area (Å²) in [6, 6.07) is 20.5. The Morgan fingerprint density at radius 1 is 0.857 bits per heavy atom. The maximum atomic E-state index is 12.9. The number of thiocarbonyl (C=S) groups is 1. The van der Waals surface area contributed by atoms with E-state index in [9.17, 15) is 9.59 Å². The first kappa shape index (κ1) is 24.7. The number of nitrogens with one attached hydrogen (secondary N) is 2. The number of anilines is 2. The third-order valence-corrected chi connectivity index (χ3v) is 6.43. The van der Waals surface area contributed by atoms with Crippen LogP contribution in [0.3, 0.4) is 0 Å². The minimum absolute atomic E-state index is 0.0298. The van der Waals surface area contributed by atoms with Gasteiger partial charge in [-0.25, -0.2) is 0 Å². The van der Waals surface area contributed by atoms with E-state index in [1.165, 1.54) is 0 Å². The molecule has 0 saturated carbocycles. The van der Waals surface area contributed by atoms with Crippen LogP contribution in [0.4, 0.5) is 11.4 Å². The highest BCUT2D eigenvalue weighted by molar-refractivity contribution is 7.80. The lowest BCUT2D eigenvalue weighted by Gasteiger charge is -2.37. The predicted molar refractivity (Wildman–Crippen MR) is 146 cm³/mol. The van der Waals surface area contributed by atoms with Crippen molar-refractivity contribution in [3.63, 3.8) is 0 Å². The molecule has 1 saturated heterocycles. The summed E-state index contributed by atoms with van der Waals surface area (Å²) in [5, 5.41) is 6.61. The van der Waals surface area contributed by atoms with Gasteiger partial charge in [0.25, 0.3) is 11.8 Å². The third kappa shape index (κ3) is 5.99. The van der Waals surface area contributed by atoms with Crippen molar-refractivity contribution >= 4 is 52.1 Å². The largest absolute Gasteiger partial charge is 0.365 e. The molecule has 3 aromatic carbocycles. The topological polar surface area (TPSA) is 64.7 Å². The number of carbonyl (C=O) groups excluding carboxylic acids is 2. The molecule has 6 nitrogen and oxygen atoms in total. The van der Waals surface area contributed by atoms with Gasteiger partial charge in [0, 0.05) is 37.3 Å². The Kier molecular flexibility index (Phi) is 7.68. The summed E-state index contributed by atoms with van der Waals surface area (Å²) in [5.74, 6) is -0.250. The summed E-state index contributed by atoms with van der Waals surface area (Å²) in [6.07, 6.45) is 0. The SMILES string of the molecule is Cc1ccc(C(=O)N2CCN(c3c(Cl)cccc3NC(=S)NC(=O)c3cccc(C)c3)CC2)cc1. The van der Waals surface area contributed by atoms with Crippen molar-refractivity contribution in [2.75, 3.05) is 36.4 Å². The molecular weight excluding hydrogens is 480 g/mol. The van der Waals surface area contributed by atoms with Crippen LogP contribution in [0, 0.1) is 13.8 Å². The molecule has 2 N–H and O–H groups in total. The molecule has 0 aromatic heterocycles. The van der Waals surface area contributed by atoms with Gasteiger partial charge in [-0.15, -0.1) is 0 Å². The number of amides is 2. The first-order valence-corrected chi connectivity index (χ1v) is 12.2. The molecule has 0 aliphatic carbocycles. The van der Waals surface area contributed by atoms with Crippen LogP contribution >= 0.6 is 23.8 Å². The monoisotopic (exact) mass is 506 g/mol. The highest BCUT2D eigenvalue weighted by Crippen LogP contribution is 2.34. The van der Waals surface area contributed by atoms with E-state index < -0.39 is 0 Å². The summed E-state index contributed by atoms with van der Waals surface area (Å²) in [6.45, 7) is 6.33. The Bertz CT molecular complexity index is 1250. The van der Waals surface area contributed by atoms with Gasteiger partial charge >= 0.3 is 0 Å². The summed E-state index contributed by atoms with van der Waals surface area (Å²) in [7, 11) is 0. The molecule has 8 heteroatoms. The molecule has 2 amide bonds. The minimum atomic E-state index is -0.280. The van der Waals surface area contributed by atoms with E-state index in [-0.39, 0.29) is 16.9 Å². The third-order valence-electron chi connectivity index (χ3n) is 5.92. The van der Waals surface area contributed by atoms with Crippen LogP contribution in [0.5, 0.6) is 0 Å². The number of hydrogen-bond acceptors (Lipinski definition) is 4. The van der Waals surface area contributed by atoms with Crippen LogP contribution in [0.25, 0.3) is 0 Å². The first-order chi connectivity index (χ1) is 16.8. The molecular formula is C27H27ClN4O2S. The molecule has 35 heavy (non-hydrogen) atoms. The van der Waals surface area contributed by atoms with Crippen molar-refractivity contribution in [2.24, 2.45) is 0 Å². The van der Waals surface area contributed by atoms with Crippen molar-refractivity contribution < 1.29 is 9.59 Å². The van der Waals surface area contributed by atoms with Gasteiger partial charge in [0.2, 0.25) is 0 Å². The molecule has 180 valence electrons. The lowest BCUT2D eigenvalue weighted by atomic mass is 10.1. The van der Waals surface area contributed by atoms with Gasteiger partial charge in [-0.3, -0.25) is 14.9 Å². The first-order valence-electron chi connectivity index (χ1n) is 11.4. The number of rotatable bonds is 4. The molecule has 3 aromatic rings. The van der Waals surface area contributed by atoms with Crippen LogP contribution in [0.2, 0.25) is 5.02 Å². The highest BCUT2D eigenvalue weighted by atomic mass is 35.5. The summed E-state index contributed by atoms with van der Waals surface area (Å²) >= 11 is 12.0. The lowest BCUT2D eigenvalue weighted by Crippen LogP contribution is -2.49. The molecule has 0 atom stereocenters. The summed E-state index contributed by atoms with van der Waals surface area (Å²) in [4.78, 5) is 29.5. The molecule has 1 aliphatic heterocycles. The molecule has 1 fully saturated rings. The van der Waals surface area contributed by atoms with Crippen LogP contribution in [-0.4, -0.2) is 48.0 Å². The number of benzene rings is 3. The fourth-order valence-electron chi connectivity index (χ4n) is 4.06. The highest BCUT2D eigenvalue weighted by Gasteiger charge is 2.25. The van der Waals surface area contributed by atoms with Crippen LogP contribution < -0.4 is 15.5 Å². The standard InChI is InChI=1S/C27H27ClN4O2S/c1-18-9-11-20(12-10-18)26(34)32-15-13-31(14-16-32)24-22(28)7-4-8-23(24)29-27(35)30-25(33)21-6-3-5-19(2)17-21/h3-12,17H,13-16H2,1-2H3,(H2,29,30,33,35). The normalized spacial score (nSPS) is 13.3. The van der Waals surface area contributed by atoms with Gasteiger partial charge < -0.3 is 15.1 Å². The van der Waals surface area contributed by atoms with Gasteiger partial charge in [-0.1, -0.05) is 53.1 Å². The predicted octanol–water partition coefficient (Wildman–Crippen LogP) is 5.05. The number of nitrogens with zero attached hydrogens (tertiary/aromatic N) is 2. The zero-order valence-electron chi connectivity index (χ0n) is 19.7. The Labute approximate surface area is 215 Å². The zero-order valence-corrected chi connectivity index (χ0v) is 21.2. The van der Waals surface area contributed by atoms with Crippen molar-refractivity contribution in [1.82, 2.24) is 10.2 Å². The fraction of sp³-hybridized carbons (Fsp3) is 0.222. The number of piperazine rings is 1. The van der Waals surface area contributed by atoms with Gasteiger partial charge in [0.1, 0.15) is 0 Å². The van der Waals surface area contributed by atoms with E-state index in [0.29, 0.717) is 48.0 Å². The lowest BCUT2D eigenvalue weighted by molar-refractivity contribution is 0.0746. The fourth-order valence-corrected chi connectivity index (χ4v) is 4.56. The molecule has 0 unspecified atom stereocenters. The molecule has 1 heterocycles. The molecule has 0 bridgehead atoms. The van der Waals surface area contributed by atoms with E-state index in [1.807, 2.05) is 73.3 Å². The quantitative estimate of drug-likeness (QED) is 0.485. The Hall–Kier alpha value is -3.42. The Morgan fingerprint density at radius 2 is 1.54 bits per heavy atom. The molecule has 0 spiro atoms. The van der Waals surface area contributed by atoms with Gasteiger partial charge in [-0.05, 0) is 62.5 Å². The number of aryl methyl sites for hydroxylation is 2. The summed E-state index contributed by atoms with van der Waals surface area (Å²) in [5.41, 5.74) is 4.84. The second-order valence-electron chi connectivity index (χ2n) is 8.56. The van der Waals surface area contributed by atoms with Gasteiger partial charge in [0.05, 0.1) is 16.4 Å². The molecule has 1 aliphatic rings. The number of halogens is 1. The van der Waals surface area contributed by atoms with Crippen LogP contribution in [-0.2, 0) is 0 Å². The van der Waals surface area contributed by atoms with E-state index >= 15 is 0 Å². The Balaban J connectivity index is 1.42. The number of carbonyl (C=O) groups is 2. The Morgan fingerprint density at radius 3 is 2.23 bits per heavy atom. The van der Waals surface area contributed by atoms with Crippen molar-refractivity contribution in [2.45, 2.75) is 13.8 Å². The maximum absolute atomic E-state index is 12.9. The minimum Gasteiger partial charge on any atom is -0.365 e. The van der Waals surface area contributed by atoms with E-state index in [0.717, 1.165) is 16.8 Å². The summed E-state index contributed by atoms with van der Waals surface area (Å²) < 4.78 is 0. The van der Waals surface area contributed by atoms with Crippen molar-refractivity contribution in [3.8, 4) is 0 Å². The average molecular weight is 507 g/mol. The van der Waals surface area contributed by atoms with E-state index in [1.54, 1.807) is 12.1 Å². The second-order valence-corrected chi connectivity index (χ2v) is 9.37. The van der Waals surface area contributed by atoms with Gasteiger partial charge in [-0.2, -0.15) is 0 Å².